The lowest BCUT2D eigenvalue weighted by atomic mass is 9.88. The summed E-state index contributed by atoms with van der Waals surface area (Å²) in [5, 5.41) is 12.6. The first-order chi connectivity index (χ1) is 6.46. The van der Waals surface area contributed by atoms with Crippen LogP contribution in [0, 0.1) is 0 Å². The number of aliphatic hydroxyl groups is 1. The van der Waals surface area contributed by atoms with Gasteiger partial charge < -0.3 is 15.4 Å². The van der Waals surface area contributed by atoms with Crippen LogP contribution in [0.5, 0.6) is 0 Å². The van der Waals surface area contributed by atoms with E-state index in [1.54, 1.807) is 6.20 Å². The van der Waals surface area contributed by atoms with Crippen molar-refractivity contribution in [3.05, 3.63) is 17.5 Å². The van der Waals surface area contributed by atoms with Crippen molar-refractivity contribution in [1.29, 1.82) is 0 Å². The summed E-state index contributed by atoms with van der Waals surface area (Å²) in [6.45, 7) is 6.21. The Morgan fingerprint density at radius 1 is 1.57 bits per heavy atom. The van der Waals surface area contributed by atoms with E-state index in [2.05, 4.69) is 5.16 Å². The van der Waals surface area contributed by atoms with E-state index in [9.17, 15) is 0 Å². The summed E-state index contributed by atoms with van der Waals surface area (Å²) in [7, 11) is 0. The van der Waals surface area contributed by atoms with Crippen LogP contribution in [0.4, 0.5) is 0 Å². The van der Waals surface area contributed by atoms with Gasteiger partial charge in [0.15, 0.2) is 0 Å². The molecular formula is C10H18N2O2. The number of hydrogen-bond acceptors (Lipinski definition) is 4. The van der Waals surface area contributed by atoms with Gasteiger partial charge in [-0.2, -0.15) is 0 Å². The van der Waals surface area contributed by atoms with Gasteiger partial charge in [0.05, 0.1) is 6.20 Å². The second kappa shape index (κ2) is 4.11. The molecule has 0 bridgehead atoms. The van der Waals surface area contributed by atoms with Gasteiger partial charge >= 0.3 is 0 Å². The maximum absolute atomic E-state index is 8.80. The van der Waals surface area contributed by atoms with Crippen molar-refractivity contribution in [1.82, 2.24) is 5.16 Å². The molecule has 0 spiro atoms. The molecule has 1 unspecified atom stereocenters. The average molecular weight is 198 g/mol. The van der Waals surface area contributed by atoms with E-state index in [0.717, 1.165) is 11.3 Å². The first-order valence-electron chi connectivity index (χ1n) is 4.78. The zero-order valence-electron chi connectivity index (χ0n) is 8.95. The summed E-state index contributed by atoms with van der Waals surface area (Å²) in [5.41, 5.74) is 6.68. The molecular weight excluding hydrogens is 180 g/mol. The van der Waals surface area contributed by atoms with E-state index in [1.807, 2.05) is 20.8 Å². The summed E-state index contributed by atoms with van der Waals surface area (Å²) in [6, 6.07) is -0.194. The predicted molar refractivity (Wildman–Crippen MR) is 53.8 cm³/mol. The first kappa shape index (κ1) is 11.2. The number of rotatable bonds is 3. The van der Waals surface area contributed by atoms with Gasteiger partial charge in [0.2, 0.25) is 0 Å². The molecule has 0 saturated carbocycles. The Morgan fingerprint density at radius 2 is 2.21 bits per heavy atom. The molecule has 0 aliphatic heterocycles. The molecule has 0 aliphatic carbocycles. The van der Waals surface area contributed by atoms with Crippen LogP contribution in [-0.2, 0) is 5.41 Å². The minimum Gasteiger partial charge on any atom is -0.396 e. The number of aromatic nitrogens is 1. The lowest BCUT2D eigenvalue weighted by Gasteiger charge is -2.18. The van der Waals surface area contributed by atoms with E-state index < -0.39 is 0 Å². The fourth-order valence-electron chi connectivity index (χ4n) is 1.38. The standard InChI is InChI=1S/C10H18N2O2/c1-10(2,3)9-7(6-12-14-9)8(11)4-5-13/h6,8,13H,4-5,11H2,1-3H3. The van der Waals surface area contributed by atoms with E-state index >= 15 is 0 Å². The van der Waals surface area contributed by atoms with Gasteiger partial charge in [-0.05, 0) is 6.42 Å². The first-order valence-corrected chi connectivity index (χ1v) is 4.78. The average Bonchev–Trinajstić information content (AvgIpc) is 2.50. The Hall–Kier alpha value is -0.870. The fourth-order valence-corrected chi connectivity index (χ4v) is 1.38. The minimum absolute atomic E-state index is 0.0793. The molecule has 1 aromatic rings. The van der Waals surface area contributed by atoms with Crippen LogP contribution in [-0.4, -0.2) is 16.9 Å². The summed E-state index contributed by atoms with van der Waals surface area (Å²) >= 11 is 0. The molecule has 3 N–H and O–H groups in total. The summed E-state index contributed by atoms with van der Waals surface area (Å²) in [6.07, 6.45) is 2.17. The van der Waals surface area contributed by atoms with Gasteiger partial charge in [0, 0.05) is 23.6 Å². The van der Waals surface area contributed by atoms with Crippen molar-refractivity contribution >= 4 is 0 Å². The second-order valence-corrected chi connectivity index (χ2v) is 4.48. The number of nitrogens with two attached hydrogens (primary N) is 1. The largest absolute Gasteiger partial charge is 0.396 e. The number of nitrogens with zero attached hydrogens (tertiary/aromatic N) is 1. The predicted octanol–water partition coefficient (Wildman–Crippen LogP) is 1.35. The lowest BCUT2D eigenvalue weighted by molar-refractivity contribution is 0.274. The topological polar surface area (TPSA) is 72.3 Å². The van der Waals surface area contributed by atoms with Crippen molar-refractivity contribution in [3.8, 4) is 0 Å². The molecule has 4 nitrogen and oxygen atoms in total. The third-order valence-corrected chi connectivity index (χ3v) is 2.12. The quantitative estimate of drug-likeness (QED) is 0.769. The Kier molecular flexibility index (Phi) is 3.29. The molecule has 0 amide bonds. The van der Waals surface area contributed by atoms with Crippen LogP contribution >= 0.6 is 0 Å². The van der Waals surface area contributed by atoms with E-state index in [4.69, 9.17) is 15.4 Å². The zero-order chi connectivity index (χ0) is 10.8. The van der Waals surface area contributed by atoms with E-state index in [-0.39, 0.29) is 18.1 Å². The van der Waals surface area contributed by atoms with Crippen LogP contribution in [0.25, 0.3) is 0 Å². The normalized spacial score (nSPS) is 14.4. The molecule has 4 heteroatoms. The Bertz CT molecular complexity index is 289. The summed E-state index contributed by atoms with van der Waals surface area (Å²) in [4.78, 5) is 0. The zero-order valence-corrected chi connectivity index (χ0v) is 8.95. The monoisotopic (exact) mass is 198 g/mol. The van der Waals surface area contributed by atoms with Crippen LogP contribution in [0.1, 0.15) is 44.6 Å². The highest BCUT2D eigenvalue weighted by molar-refractivity contribution is 5.23. The molecule has 0 radical (unpaired) electrons. The van der Waals surface area contributed by atoms with Crippen molar-refractivity contribution < 1.29 is 9.63 Å². The third-order valence-electron chi connectivity index (χ3n) is 2.12. The highest BCUT2D eigenvalue weighted by Crippen LogP contribution is 2.29. The summed E-state index contributed by atoms with van der Waals surface area (Å²) < 4.78 is 5.18. The van der Waals surface area contributed by atoms with Gasteiger partial charge in [0.25, 0.3) is 0 Å². The molecule has 1 atom stereocenters. The maximum Gasteiger partial charge on any atom is 0.146 e. The Balaban J connectivity index is 2.93. The molecule has 1 rings (SSSR count). The Labute approximate surface area is 84.1 Å². The molecule has 1 heterocycles. The van der Waals surface area contributed by atoms with Crippen LogP contribution in [0.15, 0.2) is 10.7 Å². The summed E-state index contributed by atoms with van der Waals surface area (Å²) in [5.74, 6) is 0.804. The Morgan fingerprint density at radius 3 is 2.71 bits per heavy atom. The highest BCUT2D eigenvalue weighted by atomic mass is 16.5. The second-order valence-electron chi connectivity index (χ2n) is 4.48. The van der Waals surface area contributed by atoms with Gasteiger partial charge in [-0.1, -0.05) is 25.9 Å². The van der Waals surface area contributed by atoms with Crippen LogP contribution < -0.4 is 5.73 Å². The third kappa shape index (κ3) is 2.33. The molecule has 0 fully saturated rings. The molecule has 1 aromatic heterocycles. The van der Waals surface area contributed by atoms with Gasteiger partial charge in [-0.15, -0.1) is 0 Å². The van der Waals surface area contributed by atoms with Crippen LogP contribution in [0.2, 0.25) is 0 Å². The molecule has 80 valence electrons. The van der Waals surface area contributed by atoms with Crippen molar-refractivity contribution in [2.75, 3.05) is 6.61 Å². The fraction of sp³-hybridized carbons (Fsp3) is 0.700. The van der Waals surface area contributed by atoms with Crippen LogP contribution in [0.3, 0.4) is 0 Å². The molecule has 14 heavy (non-hydrogen) atoms. The number of aliphatic hydroxyl groups excluding tert-OH is 1. The SMILES string of the molecule is CC(C)(C)c1oncc1C(N)CCO. The van der Waals surface area contributed by atoms with Crippen molar-refractivity contribution in [2.45, 2.75) is 38.6 Å². The van der Waals surface area contributed by atoms with E-state index in [0.29, 0.717) is 6.42 Å². The maximum atomic E-state index is 8.80. The van der Waals surface area contributed by atoms with Crippen molar-refractivity contribution in [2.24, 2.45) is 5.73 Å². The number of hydrogen-bond donors (Lipinski definition) is 2. The molecule has 0 saturated heterocycles. The van der Waals surface area contributed by atoms with E-state index in [1.165, 1.54) is 0 Å². The van der Waals surface area contributed by atoms with Gasteiger partial charge in [-0.25, -0.2) is 0 Å². The molecule has 0 aliphatic rings. The van der Waals surface area contributed by atoms with Gasteiger partial charge in [0.1, 0.15) is 5.76 Å². The lowest BCUT2D eigenvalue weighted by Crippen LogP contribution is -2.18. The smallest absolute Gasteiger partial charge is 0.146 e. The minimum atomic E-state index is -0.194. The highest BCUT2D eigenvalue weighted by Gasteiger charge is 2.25. The molecule has 0 aromatic carbocycles. The van der Waals surface area contributed by atoms with Gasteiger partial charge in [-0.3, -0.25) is 0 Å². The van der Waals surface area contributed by atoms with Crippen molar-refractivity contribution in [3.63, 3.8) is 0 Å².